The second-order valence-electron chi connectivity index (χ2n) is 10.2. The van der Waals surface area contributed by atoms with Crippen molar-refractivity contribution in [1.82, 2.24) is 24.7 Å². The highest BCUT2D eigenvalue weighted by Crippen LogP contribution is 2.50. The van der Waals surface area contributed by atoms with Crippen molar-refractivity contribution < 1.29 is 13.2 Å². The van der Waals surface area contributed by atoms with Crippen LogP contribution in [-0.2, 0) is 16.4 Å². The fourth-order valence-electron chi connectivity index (χ4n) is 5.47. The molecule has 1 aromatic carbocycles. The predicted octanol–water partition coefficient (Wildman–Crippen LogP) is 4.42. The average Bonchev–Trinajstić information content (AvgIpc) is 3.27. The first-order valence-electron chi connectivity index (χ1n) is 13.2. The minimum atomic E-state index is -4.06. The lowest BCUT2D eigenvalue weighted by molar-refractivity contribution is 0.185. The maximum atomic E-state index is 12.4. The van der Waals surface area contributed by atoms with Gasteiger partial charge in [-0.3, -0.25) is 10.3 Å². The van der Waals surface area contributed by atoms with Crippen LogP contribution in [0.5, 0.6) is 0 Å². The van der Waals surface area contributed by atoms with Crippen molar-refractivity contribution in [2.75, 3.05) is 23.3 Å². The minimum absolute atomic E-state index is 0.0109. The highest BCUT2D eigenvalue weighted by molar-refractivity contribution is 7.99. The van der Waals surface area contributed by atoms with Gasteiger partial charge in [-0.25, -0.2) is 32.9 Å². The summed E-state index contributed by atoms with van der Waals surface area (Å²) >= 11 is 7.75. The number of amides is 2. The Labute approximate surface area is 252 Å². The summed E-state index contributed by atoms with van der Waals surface area (Å²) in [5.41, 5.74) is 8.97. The summed E-state index contributed by atoms with van der Waals surface area (Å²) in [6, 6.07) is 12.3. The molecule has 0 bridgehead atoms. The quantitative estimate of drug-likeness (QED) is 0.281. The number of carbonyl (C=O) groups is 1. The van der Waals surface area contributed by atoms with Crippen molar-refractivity contribution in [1.29, 1.82) is 0 Å². The molecule has 1 saturated heterocycles. The normalized spacial score (nSPS) is 17.6. The van der Waals surface area contributed by atoms with Crippen molar-refractivity contribution in [3.05, 3.63) is 89.6 Å². The number of pyridine rings is 2. The third kappa shape index (κ3) is 5.64. The Morgan fingerprint density at radius 1 is 1.00 bits per heavy atom. The van der Waals surface area contributed by atoms with Gasteiger partial charge in [-0.15, -0.1) is 0 Å². The van der Waals surface area contributed by atoms with E-state index in [1.54, 1.807) is 36.7 Å². The number of fused-ring (bicyclic) bond motifs is 1. The Bertz CT molecular complexity index is 1720. The molecule has 4 heterocycles. The van der Waals surface area contributed by atoms with Crippen molar-refractivity contribution >= 4 is 51.1 Å². The molecule has 1 atom stereocenters. The zero-order chi connectivity index (χ0) is 29.3. The standard InChI is InChI=1S/C28H27ClN8O3S2/c29-23-20(8-12-32-26(23)35-27(38)36-42(39,40)19-6-2-1-3-7-19)41-22-17-33-21(16-34-22)37-13-9-28(10-14-37)15-18-5-4-11-31-24(18)25(28)30/h1-8,11-12,16-17,25H,9-10,13-15,30H2,(H2,32,35,36,38)/t25-/m1/s1. The van der Waals surface area contributed by atoms with Crippen molar-refractivity contribution in [2.45, 2.75) is 40.1 Å². The SMILES string of the molecule is N[C@@H]1c2ncccc2CC12CCN(c1cnc(Sc3ccnc(NC(=O)NS(=O)(=O)c4ccccc4)c3Cl)cn1)CC2. The molecule has 2 aliphatic rings. The second-order valence-corrected chi connectivity index (χ2v) is 13.3. The number of hydrogen-bond acceptors (Lipinski definition) is 10. The summed E-state index contributed by atoms with van der Waals surface area (Å²) in [5.74, 6) is 0.799. The summed E-state index contributed by atoms with van der Waals surface area (Å²) in [7, 11) is -4.06. The lowest BCUT2D eigenvalue weighted by Gasteiger charge is -2.42. The Kier molecular flexibility index (Phi) is 7.75. The number of aromatic nitrogens is 4. The highest BCUT2D eigenvalue weighted by Gasteiger charge is 2.46. The third-order valence-corrected chi connectivity index (χ3v) is 10.5. The second kappa shape index (κ2) is 11.5. The van der Waals surface area contributed by atoms with Crippen molar-refractivity contribution in [3.8, 4) is 0 Å². The van der Waals surface area contributed by atoms with E-state index in [4.69, 9.17) is 17.3 Å². The van der Waals surface area contributed by atoms with Crippen LogP contribution in [0, 0.1) is 5.41 Å². The molecule has 0 saturated carbocycles. The molecule has 4 N–H and O–H groups in total. The number of rotatable bonds is 6. The minimum Gasteiger partial charge on any atom is -0.355 e. The number of piperidine rings is 1. The number of hydrogen-bond donors (Lipinski definition) is 3. The molecule has 11 nitrogen and oxygen atoms in total. The molecule has 4 aromatic rings. The Morgan fingerprint density at radius 3 is 2.50 bits per heavy atom. The predicted molar refractivity (Wildman–Crippen MR) is 160 cm³/mol. The summed E-state index contributed by atoms with van der Waals surface area (Å²) in [6.45, 7) is 1.66. The van der Waals surface area contributed by atoms with Gasteiger partial charge in [0.1, 0.15) is 10.8 Å². The number of nitrogens with one attached hydrogen (secondary N) is 2. The Balaban J connectivity index is 1.07. The van der Waals surface area contributed by atoms with E-state index in [0.29, 0.717) is 9.92 Å². The van der Waals surface area contributed by atoms with E-state index < -0.39 is 16.1 Å². The van der Waals surface area contributed by atoms with Gasteiger partial charge in [0.15, 0.2) is 5.82 Å². The van der Waals surface area contributed by atoms with Crippen LogP contribution in [-0.4, -0.2) is 47.5 Å². The van der Waals surface area contributed by atoms with E-state index in [1.165, 1.54) is 35.7 Å². The van der Waals surface area contributed by atoms with E-state index in [0.717, 1.165) is 43.9 Å². The lowest BCUT2D eigenvalue weighted by Crippen LogP contribution is -2.44. The van der Waals surface area contributed by atoms with Gasteiger partial charge < -0.3 is 10.6 Å². The van der Waals surface area contributed by atoms with Crippen LogP contribution in [0.15, 0.2) is 88.1 Å². The van der Waals surface area contributed by atoms with Gasteiger partial charge in [-0.2, -0.15) is 0 Å². The summed E-state index contributed by atoms with van der Waals surface area (Å²) < 4.78 is 26.8. The molecular formula is C28H27ClN8O3S2. The summed E-state index contributed by atoms with van der Waals surface area (Å²) in [6.07, 6.45) is 9.55. The number of benzene rings is 1. The largest absolute Gasteiger partial charge is 0.355 e. The molecule has 2 amide bonds. The van der Waals surface area contributed by atoms with Crippen LogP contribution in [0.3, 0.4) is 0 Å². The number of nitrogens with zero attached hydrogens (tertiary/aromatic N) is 5. The monoisotopic (exact) mass is 622 g/mol. The zero-order valence-corrected chi connectivity index (χ0v) is 24.7. The maximum absolute atomic E-state index is 12.4. The molecule has 1 spiro atoms. The number of nitrogens with two attached hydrogens (primary N) is 1. The fourth-order valence-corrected chi connectivity index (χ4v) is 7.43. The first kappa shape index (κ1) is 28.3. The Morgan fingerprint density at radius 2 is 1.79 bits per heavy atom. The van der Waals surface area contributed by atoms with E-state index in [-0.39, 0.29) is 27.2 Å². The number of sulfonamides is 1. The molecule has 1 aliphatic carbocycles. The van der Waals surface area contributed by atoms with E-state index in [9.17, 15) is 13.2 Å². The lowest BCUT2D eigenvalue weighted by atomic mass is 9.73. The highest BCUT2D eigenvalue weighted by atomic mass is 35.5. The van der Waals surface area contributed by atoms with Crippen LogP contribution < -0.4 is 20.7 Å². The van der Waals surface area contributed by atoms with Gasteiger partial charge in [-0.1, -0.05) is 47.6 Å². The van der Waals surface area contributed by atoms with Gasteiger partial charge in [0.25, 0.3) is 10.0 Å². The van der Waals surface area contributed by atoms with E-state index in [2.05, 4.69) is 36.2 Å². The van der Waals surface area contributed by atoms with Crippen LogP contribution in [0.2, 0.25) is 5.02 Å². The fraction of sp³-hybridized carbons (Fsp3) is 0.250. The molecule has 42 heavy (non-hydrogen) atoms. The van der Waals surface area contributed by atoms with E-state index in [1.807, 2.05) is 17.0 Å². The Hall–Kier alpha value is -3.78. The first-order valence-corrected chi connectivity index (χ1v) is 15.9. The molecular weight excluding hydrogens is 596 g/mol. The van der Waals surface area contributed by atoms with Crippen LogP contribution in [0.4, 0.5) is 16.4 Å². The first-order chi connectivity index (χ1) is 20.2. The molecule has 14 heteroatoms. The van der Waals surface area contributed by atoms with E-state index >= 15 is 0 Å². The molecule has 0 radical (unpaired) electrons. The van der Waals surface area contributed by atoms with Crippen LogP contribution >= 0.6 is 23.4 Å². The topological polar surface area (TPSA) is 156 Å². The van der Waals surface area contributed by atoms with Crippen LogP contribution in [0.25, 0.3) is 0 Å². The van der Waals surface area contributed by atoms with Crippen molar-refractivity contribution in [2.24, 2.45) is 11.1 Å². The maximum Gasteiger partial charge on any atom is 0.334 e. The summed E-state index contributed by atoms with van der Waals surface area (Å²) in [5, 5.41) is 3.15. The third-order valence-electron chi connectivity index (χ3n) is 7.70. The number of urea groups is 1. The molecule has 3 aromatic heterocycles. The molecule has 216 valence electrons. The van der Waals surface area contributed by atoms with Crippen molar-refractivity contribution in [3.63, 3.8) is 0 Å². The van der Waals surface area contributed by atoms with Gasteiger partial charge in [-0.05, 0) is 54.5 Å². The van der Waals surface area contributed by atoms with Gasteiger partial charge >= 0.3 is 6.03 Å². The zero-order valence-electron chi connectivity index (χ0n) is 22.3. The number of anilines is 2. The summed E-state index contributed by atoms with van der Waals surface area (Å²) in [4.78, 5) is 33.0. The molecule has 0 unspecified atom stereocenters. The van der Waals surface area contributed by atoms with Gasteiger partial charge in [0.2, 0.25) is 0 Å². The molecule has 1 aliphatic heterocycles. The van der Waals surface area contributed by atoms with Crippen LogP contribution in [0.1, 0.15) is 30.1 Å². The average molecular weight is 623 g/mol. The smallest absolute Gasteiger partial charge is 0.334 e. The number of carbonyl (C=O) groups excluding carboxylic acids is 1. The number of halogens is 1. The van der Waals surface area contributed by atoms with Gasteiger partial charge in [0.05, 0.1) is 34.0 Å². The molecule has 6 rings (SSSR count). The molecule has 1 fully saturated rings. The van der Waals surface area contributed by atoms with Gasteiger partial charge in [0, 0.05) is 30.4 Å².